The number of halogens is 1. The number of amides is 5. The van der Waals surface area contributed by atoms with Crippen molar-refractivity contribution in [3.05, 3.63) is 135 Å². The number of rotatable bonds is 19. The molecule has 6 heterocycles. The molecule has 0 aliphatic carbocycles. The molecule has 81 heavy (non-hydrogen) atoms. The molecular weight excluding hydrogens is 1040 g/mol. The Morgan fingerprint density at radius 3 is 2.27 bits per heavy atom. The summed E-state index contributed by atoms with van der Waals surface area (Å²) >= 11 is 0. The topological polar surface area (TPSA) is 202 Å². The highest BCUT2D eigenvalue weighted by Crippen LogP contribution is 2.30. The second kappa shape index (κ2) is 26.6. The van der Waals surface area contributed by atoms with E-state index in [1.165, 1.54) is 6.07 Å². The number of aromatic amines is 1. The summed E-state index contributed by atoms with van der Waals surface area (Å²) in [5, 5.41) is 14.4. The molecule has 0 saturated carbocycles. The monoisotopic (exact) mass is 1110 g/mol. The average molecular weight is 1110 g/mol. The minimum absolute atomic E-state index is 0.0217. The number of ether oxygens (including phenoxy) is 3. The maximum atomic E-state index is 15.1. The van der Waals surface area contributed by atoms with Gasteiger partial charge in [-0.05, 0) is 99.1 Å². The van der Waals surface area contributed by atoms with Gasteiger partial charge in [-0.2, -0.15) is 5.10 Å². The first kappa shape index (κ1) is 57.0. The number of nitrogens with zero attached hydrogens (tertiary/aromatic N) is 7. The molecule has 430 valence electrons. The van der Waals surface area contributed by atoms with Crippen molar-refractivity contribution >= 4 is 40.3 Å². The lowest BCUT2D eigenvalue weighted by atomic mass is 9.89. The van der Waals surface area contributed by atoms with Crippen LogP contribution in [0.3, 0.4) is 0 Å². The Labute approximate surface area is 472 Å². The van der Waals surface area contributed by atoms with Crippen LogP contribution in [0.15, 0.2) is 89.7 Å². The smallest absolute Gasteiger partial charge is 0.272 e. The van der Waals surface area contributed by atoms with Gasteiger partial charge in [-0.25, -0.2) is 9.49 Å². The summed E-state index contributed by atoms with van der Waals surface area (Å²) in [6.45, 7) is 12.0. The zero-order valence-electron chi connectivity index (χ0n) is 46.5. The second-order valence-corrected chi connectivity index (χ2v) is 22.1. The first-order chi connectivity index (χ1) is 39.4. The van der Waals surface area contributed by atoms with E-state index in [1.54, 1.807) is 47.2 Å². The molecule has 4 aromatic carbocycles. The highest BCUT2D eigenvalue weighted by atomic mass is 19.1. The molecule has 5 aliphatic rings. The molecular formula is C61H75FN10O9. The van der Waals surface area contributed by atoms with Crippen molar-refractivity contribution in [1.29, 1.82) is 0 Å². The normalized spacial score (nSPS) is 19.0. The number of piperidine rings is 2. The van der Waals surface area contributed by atoms with Crippen molar-refractivity contribution in [1.82, 2.24) is 50.2 Å². The Bertz CT molecular complexity index is 3110. The number of H-pyrrole nitrogens is 1. The second-order valence-electron chi connectivity index (χ2n) is 22.1. The minimum atomic E-state index is -0.702. The molecule has 1 aromatic heterocycles. The number of likely N-dealkylation sites (tertiary alicyclic amines) is 2. The standard InChI is InChI=1S/C61H75FN10O9/c1-3-81-54-33-48(79-2)15-14-45(54)34-63-35-55(73)72-19-7-10-46(37-72)43-8-6-9-44(32-43)58(75)64-57(47-39-80-40-47)61(78)71-24-22-68(23-25-71)36-41-17-20-67(21-18-41)38-56(74)69-26-28-70(29-27-69)60(77)51-30-42(13-16-52(51)62)31-53-49-11-4-5-12-50(49)59(76)66-65-53/h4-6,8-9,11-16,30,32-33,41,46-47,57,63H,3,7,10,17-29,31,34-40H2,1-2H3,(H,64,75)(H,66,76). The van der Waals surface area contributed by atoms with E-state index in [2.05, 4.69) is 30.6 Å². The van der Waals surface area contributed by atoms with E-state index in [1.807, 2.05) is 65.3 Å². The zero-order valence-corrected chi connectivity index (χ0v) is 46.5. The van der Waals surface area contributed by atoms with Crippen molar-refractivity contribution in [2.24, 2.45) is 11.8 Å². The Balaban J connectivity index is 0.636. The maximum absolute atomic E-state index is 15.1. The van der Waals surface area contributed by atoms with Crippen LogP contribution < -0.4 is 25.7 Å². The zero-order chi connectivity index (χ0) is 56.4. The predicted octanol–water partition coefficient (Wildman–Crippen LogP) is 4.14. The number of hydrogen-bond acceptors (Lipinski definition) is 13. The largest absolute Gasteiger partial charge is 0.497 e. The third-order valence-corrected chi connectivity index (χ3v) is 16.8. The molecule has 5 amide bonds. The van der Waals surface area contributed by atoms with E-state index in [0.717, 1.165) is 75.3 Å². The molecule has 3 N–H and O–H groups in total. The van der Waals surface area contributed by atoms with Crippen LogP contribution in [0.2, 0.25) is 0 Å². The van der Waals surface area contributed by atoms with E-state index in [9.17, 15) is 28.8 Å². The number of aromatic nitrogens is 2. The van der Waals surface area contributed by atoms with Crippen LogP contribution in [0, 0.1) is 17.7 Å². The Morgan fingerprint density at radius 2 is 1.53 bits per heavy atom. The van der Waals surface area contributed by atoms with Gasteiger partial charge in [0.25, 0.3) is 17.4 Å². The molecule has 2 atom stereocenters. The average Bonchev–Trinajstić information content (AvgIpc) is 3.55. The highest BCUT2D eigenvalue weighted by molar-refractivity contribution is 5.98. The Hall–Kier alpha value is -7.26. The van der Waals surface area contributed by atoms with Crippen LogP contribution in [-0.4, -0.2) is 200 Å². The van der Waals surface area contributed by atoms with Crippen LogP contribution in [-0.2, 0) is 32.1 Å². The molecule has 10 rings (SSSR count). The van der Waals surface area contributed by atoms with E-state index >= 15 is 4.39 Å². The third-order valence-electron chi connectivity index (χ3n) is 16.8. The lowest BCUT2D eigenvalue weighted by Crippen LogP contribution is -2.60. The SMILES string of the molecule is CCOc1cc(OC)ccc1CNCC(=O)N1CCCC(c2cccc(C(=O)NC(C(=O)N3CCN(CC4CCN(CC(=O)N5CCN(C(=O)c6cc(Cc7n[nH]c(=O)c8ccccc78)ccc6F)CC5)CC4)CC3)C3COC3)c2)C1. The third kappa shape index (κ3) is 13.9. The maximum Gasteiger partial charge on any atom is 0.272 e. The predicted molar refractivity (Wildman–Crippen MR) is 303 cm³/mol. The molecule has 5 fully saturated rings. The summed E-state index contributed by atoms with van der Waals surface area (Å²) in [5.41, 5.74) is 3.41. The lowest BCUT2D eigenvalue weighted by molar-refractivity contribution is -0.142. The summed E-state index contributed by atoms with van der Waals surface area (Å²) in [6, 6.07) is 24.2. The molecule has 2 unspecified atom stereocenters. The number of methoxy groups -OCH3 is 1. The number of benzene rings is 4. The van der Waals surface area contributed by atoms with E-state index < -0.39 is 17.8 Å². The molecule has 5 aliphatic heterocycles. The number of nitrogens with one attached hydrogen (secondary N) is 3. The van der Waals surface area contributed by atoms with Gasteiger partial charge in [0.15, 0.2) is 0 Å². The van der Waals surface area contributed by atoms with Crippen molar-refractivity contribution in [3.8, 4) is 11.5 Å². The van der Waals surface area contributed by atoms with Crippen LogP contribution in [0.4, 0.5) is 4.39 Å². The van der Waals surface area contributed by atoms with Gasteiger partial charge in [-0.3, -0.25) is 38.6 Å². The number of carbonyl (C=O) groups excluding carboxylic acids is 5. The van der Waals surface area contributed by atoms with Crippen LogP contribution in [0.1, 0.15) is 81.6 Å². The summed E-state index contributed by atoms with van der Waals surface area (Å²) in [7, 11) is 1.62. The number of fused-ring (bicyclic) bond motifs is 1. The highest BCUT2D eigenvalue weighted by Gasteiger charge is 2.39. The van der Waals surface area contributed by atoms with Gasteiger partial charge in [0.05, 0.1) is 56.7 Å². The Morgan fingerprint density at radius 1 is 0.778 bits per heavy atom. The number of carbonyl (C=O) groups is 5. The van der Waals surface area contributed by atoms with Crippen LogP contribution >= 0.6 is 0 Å². The molecule has 0 bridgehead atoms. The van der Waals surface area contributed by atoms with Gasteiger partial charge >= 0.3 is 0 Å². The molecule has 19 nitrogen and oxygen atoms in total. The van der Waals surface area contributed by atoms with Crippen molar-refractivity contribution < 1.29 is 42.6 Å². The molecule has 5 saturated heterocycles. The van der Waals surface area contributed by atoms with Gasteiger partial charge in [0, 0.05) is 119 Å². The van der Waals surface area contributed by atoms with Crippen LogP contribution in [0.25, 0.3) is 10.8 Å². The van der Waals surface area contributed by atoms with E-state index in [-0.39, 0.29) is 53.1 Å². The number of hydrogen-bond donors (Lipinski definition) is 3. The summed E-state index contributed by atoms with van der Waals surface area (Å²) < 4.78 is 31.8. The van der Waals surface area contributed by atoms with E-state index in [0.29, 0.717) is 131 Å². The first-order valence-corrected chi connectivity index (χ1v) is 28.7. The fourth-order valence-electron chi connectivity index (χ4n) is 12.0. The van der Waals surface area contributed by atoms with Gasteiger partial charge in [0.1, 0.15) is 23.4 Å². The van der Waals surface area contributed by atoms with E-state index in [4.69, 9.17) is 14.2 Å². The van der Waals surface area contributed by atoms with Gasteiger partial charge in [0.2, 0.25) is 17.7 Å². The van der Waals surface area contributed by atoms with Gasteiger partial charge in [-0.15, -0.1) is 0 Å². The lowest BCUT2D eigenvalue weighted by Gasteiger charge is -2.41. The molecule has 0 spiro atoms. The minimum Gasteiger partial charge on any atom is -0.497 e. The van der Waals surface area contributed by atoms with Gasteiger partial charge < -0.3 is 44.4 Å². The van der Waals surface area contributed by atoms with Crippen molar-refractivity contribution in [2.45, 2.75) is 57.5 Å². The van der Waals surface area contributed by atoms with Gasteiger partial charge in [-0.1, -0.05) is 42.5 Å². The summed E-state index contributed by atoms with van der Waals surface area (Å²) in [6.07, 6.45) is 3.97. The summed E-state index contributed by atoms with van der Waals surface area (Å²) in [5.74, 6) is 0.489. The van der Waals surface area contributed by atoms with Crippen molar-refractivity contribution in [3.63, 3.8) is 0 Å². The fraction of sp³-hybridized carbons (Fsp3) is 0.492. The molecule has 0 radical (unpaired) electrons. The van der Waals surface area contributed by atoms with Crippen LogP contribution in [0.5, 0.6) is 11.5 Å². The number of piperazine rings is 2. The Kier molecular flexibility index (Phi) is 18.7. The van der Waals surface area contributed by atoms with Crippen molar-refractivity contribution in [2.75, 3.05) is 125 Å². The summed E-state index contributed by atoms with van der Waals surface area (Å²) in [4.78, 5) is 92.8. The molecule has 20 heteroatoms. The fourth-order valence-corrected chi connectivity index (χ4v) is 12.0. The first-order valence-electron chi connectivity index (χ1n) is 28.7. The quantitative estimate of drug-likeness (QED) is 0.107. The molecule has 5 aromatic rings.